The molecule has 0 radical (unpaired) electrons. The van der Waals surface area contributed by atoms with Gasteiger partial charge in [-0.2, -0.15) is 0 Å². The number of hydrogen-bond acceptors (Lipinski definition) is 4. The van der Waals surface area contributed by atoms with Crippen LogP contribution in [0.5, 0.6) is 0 Å². The van der Waals surface area contributed by atoms with Crippen LogP contribution in [0.2, 0.25) is 5.02 Å². The van der Waals surface area contributed by atoms with Crippen LogP contribution in [0.25, 0.3) is 10.2 Å². The van der Waals surface area contributed by atoms with E-state index < -0.39 is 0 Å². The van der Waals surface area contributed by atoms with Crippen LogP contribution < -0.4 is 4.90 Å². The molecule has 136 valence electrons. The van der Waals surface area contributed by atoms with Crippen molar-refractivity contribution < 1.29 is 0 Å². The van der Waals surface area contributed by atoms with Gasteiger partial charge in [-0.3, -0.25) is 4.90 Å². The molecule has 1 aliphatic rings. The highest BCUT2D eigenvalue weighted by molar-refractivity contribution is 7.22. The Morgan fingerprint density at radius 1 is 1.15 bits per heavy atom. The number of anilines is 1. The zero-order valence-corrected chi connectivity index (χ0v) is 17.0. The van der Waals surface area contributed by atoms with E-state index in [-0.39, 0.29) is 0 Å². The van der Waals surface area contributed by atoms with Crippen molar-refractivity contribution in [3.8, 4) is 0 Å². The van der Waals surface area contributed by atoms with Crippen LogP contribution >= 0.6 is 34.5 Å². The summed E-state index contributed by atoms with van der Waals surface area (Å²) in [6, 6.07) is 15.0. The van der Waals surface area contributed by atoms with E-state index in [1.807, 2.05) is 18.2 Å². The van der Waals surface area contributed by atoms with Gasteiger partial charge in [-0.25, -0.2) is 4.98 Å². The van der Waals surface area contributed by atoms with E-state index in [2.05, 4.69) is 41.0 Å². The predicted octanol–water partition coefficient (Wildman–Crippen LogP) is 5.40. The van der Waals surface area contributed by atoms with Crippen molar-refractivity contribution in [1.29, 1.82) is 0 Å². The highest BCUT2D eigenvalue weighted by Crippen LogP contribution is 2.32. The minimum Gasteiger partial charge on any atom is -0.345 e. The summed E-state index contributed by atoms with van der Waals surface area (Å²) in [4.78, 5) is 9.73. The average Bonchev–Trinajstić information content (AvgIpc) is 3.06. The molecule has 1 aliphatic heterocycles. The summed E-state index contributed by atoms with van der Waals surface area (Å²) >= 11 is 13.8. The second-order valence-electron chi connectivity index (χ2n) is 6.83. The van der Waals surface area contributed by atoms with E-state index in [0.717, 1.165) is 46.5 Å². The molecular formula is C20H21Cl2N3S. The monoisotopic (exact) mass is 405 g/mol. The van der Waals surface area contributed by atoms with Gasteiger partial charge in [0.25, 0.3) is 0 Å². The summed E-state index contributed by atoms with van der Waals surface area (Å²) in [5.74, 6) is 0.568. The molecule has 1 fully saturated rings. The molecule has 0 bridgehead atoms. The second kappa shape index (κ2) is 7.73. The van der Waals surface area contributed by atoms with Gasteiger partial charge >= 0.3 is 0 Å². The van der Waals surface area contributed by atoms with Crippen LogP contribution in [0.3, 0.4) is 0 Å². The Morgan fingerprint density at radius 2 is 2.00 bits per heavy atom. The first-order chi connectivity index (χ1) is 12.6. The van der Waals surface area contributed by atoms with Crippen molar-refractivity contribution in [2.45, 2.75) is 25.4 Å². The fraction of sp³-hybridized carbons (Fsp3) is 0.350. The number of piperazine rings is 1. The Balaban J connectivity index is 1.45. The Kier molecular flexibility index (Phi) is 5.37. The fourth-order valence-electron chi connectivity index (χ4n) is 3.47. The highest BCUT2D eigenvalue weighted by Gasteiger charge is 2.25. The lowest BCUT2D eigenvalue weighted by molar-refractivity contribution is 0.181. The van der Waals surface area contributed by atoms with Gasteiger partial charge in [0.05, 0.1) is 10.2 Å². The van der Waals surface area contributed by atoms with Gasteiger partial charge in [-0.1, -0.05) is 47.2 Å². The number of aromatic nitrogens is 1. The van der Waals surface area contributed by atoms with E-state index in [0.29, 0.717) is 11.9 Å². The van der Waals surface area contributed by atoms with E-state index in [9.17, 15) is 0 Å². The van der Waals surface area contributed by atoms with E-state index in [1.165, 1.54) is 11.1 Å². The van der Waals surface area contributed by atoms with E-state index in [1.54, 1.807) is 11.3 Å². The van der Waals surface area contributed by atoms with E-state index in [4.69, 9.17) is 28.2 Å². The molecule has 3 nitrogen and oxygen atoms in total. The standard InChI is InChI=1S/C20H21Cl2N3S/c1-14-12-25(20-23-18-6-5-17(22)10-19(18)26-20)8-7-24(14)13-16-4-2-3-15(9-16)11-21/h2-6,9-10,14H,7-8,11-13H2,1H3. The number of benzene rings is 2. The lowest BCUT2D eigenvalue weighted by Gasteiger charge is -2.39. The van der Waals surface area contributed by atoms with Crippen molar-refractivity contribution in [3.05, 3.63) is 58.6 Å². The Labute approximate surface area is 168 Å². The summed E-state index contributed by atoms with van der Waals surface area (Å²) in [6.07, 6.45) is 0. The van der Waals surface area contributed by atoms with Gasteiger partial charge in [-0.15, -0.1) is 11.6 Å². The maximum absolute atomic E-state index is 6.10. The van der Waals surface area contributed by atoms with Gasteiger partial charge in [-0.05, 0) is 36.2 Å². The minimum absolute atomic E-state index is 0.471. The molecule has 2 heterocycles. The van der Waals surface area contributed by atoms with Gasteiger partial charge < -0.3 is 4.90 Å². The molecule has 0 saturated carbocycles. The van der Waals surface area contributed by atoms with Crippen molar-refractivity contribution in [1.82, 2.24) is 9.88 Å². The summed E-state index contributed by atoms with van der Waals surface area (Å²) in [5, 5.41) is 1.86. The zero-order chi connectivity index (χ0) is 18.1. The highest BCUT2D eigenvalue weighted by atomic mass is 35.5. The van der Waals surface area contributed by atoms with E-state index >= 15 is 0 Å². The average molecular weight is 406 g/mol. The molecule has 0 aliphatic carbocycles. The first kappa shape index (κ1) is 18.1. The predicted molar refractivity (Wildman–Crippen MR) is 113 cm³/mol. The van der Waals surface area contributed by atoms with Crippen LogP contribution in [0.15, 0.2) is 42.5 Å². The Bertz CT molecular complexity index is 911. The van der Waals surface area contributed by atoms with Crippen LogP contribution in [0, 0.1) is 0 Å². The van der Waals surface area contributed by atoms with Crippen LogP contribution in [-0.4, -0.2) is 35.6 Å². The van der Waals surface area contributed by atoms with Gasteiger partial charge in [0.2, 0.25) is 0 Å². The lowest BCUT2D eigenvalue weighted by Crippen LogP contribution is -2.51. The Morgan fingerprint density at radius 3 is 2.81 bits per heavy atom. The van der Waals surface area contributed by atoms with Crippen LogP contribution in [0.1, 0.15) is 18.1 Å². The van der Waals surface area contributed by atoms with Crippen LogP contribution in [0.4, 0.5) is 5.13 Å². The molecule has 0 amide bonds. The molecule has 1 aromatic heterocycles. The molecule has 0 N–H and O–H groups in total. The lowest BCUT2D eigenvalue weighted by atomic mass is 10.1. The van der Waals surface area contributed by atoms with Crippen molar-refractivity contribution in [2.24, 2.45) is 0 Å². The summed E-state index contributed by atoms with van der Waals surface area (Å²) in [7, 11) is 0. The second-order valence-corrected chi connectivity index (χ2v) is 8.54. The number of rotatable bonds is 4. The number of alkyl halides is 1. The zero-order valence-electron chi connectivity index (χ0n) is 14.7. The molecule has 26 heavy (non-hydrogen) atoms. The molecule has 0 spiro atoms. The topological polar surface area (TPSA) is 19.4 Å². The van der Waals surface area contributed by atoms with Crippen molar-refractivity contribution >= 4 is 49.9 Å². The molecule has 2 aromatic carbocycles. The normalized spacial score (nSPS) is 18.6. The molecule has 3 aromatic rings. The number of halogens is 2. The largest absolute Gasteiger partial charge is 0.345 e. The molecule has 4 rings (SSSR count). The van der Waals surface area contributed by atoms with Crippen molar-refractivity contribution in [2.75, 3.05) is 24.5 Å². The minimum atomic E-state index is 0.471. The number of thiazole rings is 1. The maximum atomic E-state index is 6.10. The maximum Gasteiger partial charge on any atom is 0.186 e. The smallest absolute Gasteiger partial charge is 0.186 e. The quantitative estimate of drug-likeness (QED) is 0.541. The summed E-state index contributed by atoms with van der Waals surface area (Å²) < 4.78 is 1.15. The third-order valence-corrected chi connectivity index (χ3v) is 6.53. The third kappa shape index (κ3) is 3.84. The molecule has 1 atom stereocenters. The fourth-order valence-corrected chi connectivity index (χ4v) is 4.91. The third-order valence-electron chi connectivity index (χ3n) is 4.91. The van der Waals surface area contributed by atoms with Gasteiger partial charge in [0, 0.05) is 43.1 Å². The Hall–Kier alpha value is -1.33. The van der Waals surface area contributed by atoms with Gasteiger partial charge in [0.1, 0.15) is 0 Å². The summed E-state index contributed by atoms with van der Waals surface area (Å²) in [5.41, 5.74) is 3.55. The number of nitrogens with zero attached hydrogens (tertiary/aromatic N) is 3. The molecular weight excluding hydrogens is 385 g/mol. The molecule has 1 unspecified atom stereocenters. The molecule has 6 heteroatoms. The summed E-state index contributed by atoms with van der Waals surface area (Å²) in [6.45, 7) is 6.27. The number of hydrogen-bond donors (Lipinski definition) is 0. The first-order valence-corrected chi connectivity index (χ1v) is 10.5. The first-order valence-electron chi connectivity index (χ1n) is 8.81. The van der Waals surface area contributed by atoms with Crippen molar-refractivity contribution in [3.63, 3.8) is 0 Å². The molecule has 1 saturated heterocycles. The van der Waals surface area contributed by atoms with Crippen LogP contribution in [-0.2, 0) is 12.4 Å². The SMILES string of the molecule is CC1CN(c2nc3ccc(Cl)cc3s2)CCN1Cc1cccc(CCl)c1. The van der Waals surface area contributed by atoms with Gasteiger partial charge in [0.15, 0.2) is 5.13 Å². The number of fused-ring (bicyclic) bond motifs is 1.